The first-order valence-electron chi connectivity index (χ1n) is 5.92. The molecule has 0 N–H and O–H groups in total. The minimum Gasteiger partial charge on any atom is -0.492 e. The van der Waals surface area contributed by atoms with Gasteiger partial charge in [0.25, 0.3) is 9.05 Å². The van der Waals surface area contributed by atoms with Crippen LogP contribution in [-0.4, -0.2) is 40.3 Å². The van der Waals surface area contributed by atoms with Gasteiger partial charge in [0.05, 0.1) is 25.4 Å². The molecule has 0 amide bonds. The molecular formula is C12H13ClO6S. The van der Waals surface area contributed by atoms with Crippen LogP contribution in [0.2, 0.25) is 0 Å². The van der Waals surface area contributed by atoms with Crippen molar-refractivity contribution in [2.75, 3.05) is 19.8 Å². The Bertz CT molecular complexity index is 608. The molecule has 0 atom stereocenters. The summed E-state index contributed by atoms with van der Waals surface area (Å²) in [6.07, 6.45) is -0.287. The van der Waals surface area contributed by atoms with Crippen LogP contribution in [0.5, 0.6) is 5.75 Å². The predicted molar refractivity (Wildman–Crippen MR) is 70.7 cm³/mol. The minimum atomic E-state index is -4.02. The number of hydrogen-bond acceptors (Lipinski definition) is 6. The molecule has 0 unspecified atom stereocenters. The highest BCUT2D eigenvalue weighted by molar-refractivity contribution is 8.13. The standard InChI is InChI=1S/C12H13ClO6S/c1-2-18-10-4-3-8(5-11(10)20(13,15)16)12(14)19-9-6-17-7-9/h3-5,9H,2,6-7H2,1H3. The summed E-state index contributed by atoms with van der Waals surface area (Å²) in [6.45, 7) is 2.69. The maximum Gasteiger partial charge on any atom is 0.338 e. The fourth-order valence-corrected chi connectivity index (χ4v) is 2.60. The lowest BCUT2D eigenvalue weighted by molar-refractivity contribution is -0.103. The number of rotatable bonds is 5. The van der Waals surface area contributed by atoms with Crippen molar-refractivity contribution < 1.29 is 27.4 Å². The van der Waals surface area contributed by atoms with Crippen LogP contribution in [0.1, 0.15) is 17.3 Å². The zero-order valence-corrected chi connectivity index (χ0v) is 12.2. The van der Waals surface area contributed by atoms with Crippen molar-refractivity contribution in [1.29, 1.82) is 0 Å². The summed E-state index contributed by atoms with van der Waals surface area (Å²) in [6, 6.07) is 3.96. The Morgan fingerprint density at radius 1 is 1.45 bits per heavy atom. The molecule has 0 aliphatic carbocycles. The maximum atomic E-state index is 11.8. The van der Waals surface area contributed by atoms with Gasteiger partial charge in [0, 0.05) is 10.7 Å². The van der Waals surface area contributed by atoms with Gasteiger partial charge in [0.15, 0.2) is 0 Å². The molecule has 1 aromatic rings. The molecule has 1 aromatic carbocycles. The van der Waals surface area contributed by atoms with Gasteiger partial charge in [-0.2, -0.15) is 0 Å². The van der Waals surface area contributed by atoms with Crippen LogP contribution in [-0.2, 0) is 18.5 Å². The Morgan fingerprint density at radius 2 is 2.15 bits per heavy atom. The van der Waals surface area contributed by atoms with Crippen molar-refractivity contribution in [2.24, 2.45) is 0 Å². The monoisotopic (exact) mass is 320 g/mol. The third-order valence-corrected chi connectivity index (χ3v) is 3.97. The summed E-state index contributed by atoms with van der Waals surface area (Å²) in [5, 5.41) is 0. The lowest BCUT2D eigenvalue weighted by Crippen LogP contribution is -2.37. The first kappa shape index (κ1) is 15.1. The second-order valence-electron chi connectivity index (χ2n) is 4.10. The molecule has 1 heterocycles. The van der Waals surface area contributed by atoms with Gasteiger partial charge in [-0.05, 0) is 25.1 Å². The topological polar surface area (TPSA) is 78.9 Å². The van der Waals surface area contributed by atoms with Gasteiger partial charge in [0.2, 0.25) is 0 Å². The zero-order valence-electron chi connectivity index (χ0n) is 10.7. The van der Waals surface area contributed by atoms with E-state index in [1.807, 2.05) is 0 Å². The molecule has 6 nitrogen and oxygen atoms in total. The molecule has 0 radical (unpaired) electrons. The number of carbonyl (C=O) groups excluding carboxylic acids is 1. The van der Waals surface area contributed by atoms with Crippen LogP contribution in [0.25, 0.3) is 0 Å². The molecule has 0 spiro atoms. The van der Waals surface area contributed by atoms with Gasteiger partial charge in [0.1, 0.15) is 16.7 Å². The van der Waals surface area contributed by atoms with E-state index in [1.165, 1.54) is 12.1 Å². The second-order valence-corrected chi connectivity index (χ2v) is 6.63. The molecule has 1 saturated heterocycles. The zero-order chi connectivity index (χ0) is 14.8. The molecule has 20 heavy (non-hydrogen) atoms. The second kappa shape index (κ2) is 5.99. The van der Waals surface area contributed by atoms with E-state index in [1.54, 1.807) is 6.92 Å². The van der Waals surface area contributed by atoms with Crippen LogP contribution in [0.15, 0.2) is 23.1 Å². The number of ether oxygens (including phenoxy) is 3. The van der Waals surface area contributed by atoms with E-state index in [2.05, 4.69) is 0 Å². The number of esters is 1. The molecule has 8 heteroatoms. The molecule has 1 aliphatic heterocycles. The number of carbonyl (C=O) groups is 1. The summed E-state index contributed by atoms with van der Waals surface area (Å²) in [4.78, 5) is 11.6. The SMILES string of the molecule is CCOc1ccc(C(=O)OC2COC2)cc1S(=O)(=O)Cl. The van der Waals surface area contributed by atoms with Crippen LogP contribution >= 0.6 is 10.7 Å². The Kier molecular flexibility index (Phi) is 4.52. The fraction of sp³-hybridized carbons (Fsp3) is 0.417. The lowest BCUT2D eigenvalue weighted by Gasteiger charge is -2.25. The molecule has 0 aromatic heterocycles. The van der Waals surface area contributed by atoms with Crippen LogP contribution in [0.3, 0.4) is 0 Å². The molecule has 0 saturated carbocycles. The van der Waals surface area contributed by atoms with E-state index in [9.17, 15) is 13.2 Å². The van der Waals surface area contributed by atoms with E-state index in [0.29, 0.717) is 13.2 Å². The highest BCUT2D eigenvalue weighted by Crippen LogP contribution is 2.28. The lowest BCUT2D eigenvalue weighted by atomic mass is 10.2. The van der Waals surface area contributed by atoms with Crippen molar-refractivity contribution in [3.63, 3.8) is 0 Å². The third kappa shape index (κ3) is 3.41. The molecule has 1 aliphatic rings. The summed E-state index contributed by atoms with van der Waals surface area (Å²) in [5.74, 6) is -0.519. The van der Waals surface area contributed by atoms with Gasteiger partial charge in [-0.1, -0.05) is 0 Å². The molecule has 2 rings (SSSR count). The first-order valence-corrected chi connectivity index (χ1v) is 8.23. The average Bonchev–Trinajstić information content (AvgIpc) is 2.33. The van der Waals surface area contributed by atoms with Crippen LogP contribution < -0.4 is 4.74 Å². The summed E-state index contributed by atoms with van der Waals surface area (Å²) in [5.41, 5.74) is 0.0968. The van der Waals surface area contributed by atoms with Crippen molar-refractivity contribution in [3.8, 4) is 5.75 Å². The molecule has 110 valence electrons. The molecular weight excluding hydrogens is 308 g/mol. The highest BCUT2D eigenvalue weighted by Gasteiger charge is 2.25. The predicted octanol–water partition coefficient (Wildman–Crippen LogP) is 1.57. The van der Waals surface area contributed by atoms with E-state index in [0.717, 1.165) is 6.07 Å². The molecule has 0 bridgehead atoms. The quantitative estimate of drug-likeness (QED) is 0.605. The van der Waals surface area contributed by atoms with Crippen molar-refractivity contribution in [2.45, 2.75) is 17.9 Å². The molecule has 1 fully saturated rings. The summed E-state index contributed by atoms with van der Waals surface area (Å²) >= 11 is 0. The normalized spacial score (nSPS) is 15.5. The van der Waals surface area contributed by atoms with Crippen molar-refractivity contribution in [3.05, 3.63) is 23.8 Å². The van der Waals surface area contributed by atoms with Crippen LogP contribution in [0.4, 0.5) is 0 Å². The fourth-order valence-electron chi connectivity index (χ4n) is 1.60. The minimum absolute atomic E-state index is 0.0968. The van der Waals surface area contributed by atoms with Crippen LogP contribution in [0, 0.1) is 0 Å². The Balaban J connectivity index is 2.28. The smallest absolute Gasteiger partial charge is 0.338 e. The van der Waals surface area contributed by atoms with Gasteiger partial charge in [-0.25, -0.2) is 13.2 Å². The first-order chi connectivity index (χ1) is 9.41. The third-order valence-electron chi connectivity index (χ3n) is 2.62. The van der Waals surface area contributed by atoms with E-state index in [-0.39, 0.29) is 28.9 Å². The van der Waals surface area contributed by atoms with E-state index >= 15 is 0 Å². The Morgan fingerprint density at radius 3 is 2.65 bits per heavy atom. The Hall–Kier alpha value is -1.31. The van der Waals surface area contributed by atoms with Gasteiger partial charge in [-0.3, -0.25) is 0 Å². The Labute approximate surface area is 121 Å². The summed E-state index contributed by atoms with van der Waals surface area (Å²) in [7, 11) is 1.32. The maximum absolute atomic E-state index is 11.8. The number of hydrogen-bond donors (Lipinski definition) is 0. The van der Waals surface area contributed by atoms with Crippen molar-refractivity contribution in [1.82, 2.24) is 0 Å². The van der Waals surface area contributed by atoms with Gasteiger partial charge >= 0.3 is 5.97 Å². The average molecular weight is 321 g/mol. The van der Waals surface area contributed by atoms with E-state index < -0.39 is 15.0 Å². The number of benzene rings is 1. The van der Waals surface area contributed by atoms with Gasteiger partial charge < -0.3 is 14.2 Å². The van der Waals surface area contributed by atoms with Gasteiger partial charge in [-0.15, -0.1) is 0 Å². The van der Waals surface area contributed by atoms with E-state index in [4.69, 9.17) is 24.9 Å². The van der Waals surface area contributed by atoms with Crippen molar-refractivity contribution >= 4 is 25.7 Å². The number of halogens is 1. The largest absolute Gasteiger partial charge is 0.492 e. The highest BCUT2D eigenvalue weighted by atomic mass is 35.7. The summed E-state index contributed by atoms with van der Waals surface area (Å²) < 4.78 is 38.2.